The van der Waals surface area contributed by atoms with Gasteiger partial charge in [0.2, 0.25) is 0 Å². The van der Waals surface area contributed by atoms with Crippen LogP contribution in [0.4, 0.5) is 0 Å². The minimum atomic E-state index is -0.0205. The van der Waals surface area contributed by atoms with E-state index in [9.17, 15) is 4.79 Å². The van der Waals surface area contributed by atoms with Gasteiger partial charge in [-0.15, -0.1) is 11.3 Å². The van der Waals surface area contributed by atoms with Gasteiger partial charge in [0.15, 0.2) is 0 Å². The number of benzene rings is 1. The molecule has 0 spiro atoms. The summed E-state index contributed by atoms with van der Waals surface area (Å²) in [6, 6.07) is 9.74. The molecule has 3 rings (SSSR count). The molecule has 24 heavy (non-hydrogen) atoms. The molecule has 0 radical (unpaired) electrons. The van der Waals surface area contributed by atoms with E-state index >= 15 is 0 Å². The molecular weight excluding hydrogens is 322 g/mol. The van der Waals surface area contributed by atoms with Crippen LogP contribution in [0.25, 0.3) is 10.2 Å². The Kier molecular flexibility index (Phi) is 4.32. The summed E-state index contributed by atoms with van der Waals surface area (Å²) in [5.74, 6) is 0.839. The predicted octanol–water partition coefficient (Wildman–Crippen LogP) is 3.79. The maximum Gasteiger partial charge on any atom is 0.264 e. The van der Waals surface area contributed by atoms with Crippen LogP contribution in [0.3, 0.4) is 0 Å². The van der Waals surface area contributed by atoms with Gasteiger partial charge in [-0.1, -0.05) is 12.1 Å². The molecule has 0 aliphatic heterocycles. The average Bonchev–Trinajstić information content (AvgIpc) is 3.15. The Morgan fingerprint density at radius 1 is 1.33 bits per heavy atom. The average molecular weight is 343 g/mol. The zero-order chi connectivity index (χ0) is 17.4. The minimum Gasteiger partial charge on any atom is -0.497 e. The van der Waals surface area contributed by atoms with E-state index in [4.69, 9.17) is 4.74 Å². The van der Waals surface area contributed by atoms with Crippen LogP contribution in [-0.4, -0.2) is 34.7 Å². The number of ether oxygens (including phenoxy) is 1. The first-order valence-corrected chi connectivity index (χ1v) is 8.58. The van der Waals surface area contributed by atoms with E-state index < -0.39 is 0 Å². The normalized spacial score (nSPS) is 12.4. The summed E-state index contributed by atoms with van der Waals surface area (Å²) in [4.78, 5) is 16.4. The fraction of sp³-hybridized carbons (Fsp3) is 0.333. The lowest BCUT2D eigenvalue weighted by molar-refractivity contribution is 0.0747. The van der Waals surface area contributed by atoms with Crippen LogP contribution >= 0.6 is 11.3 Å². The number of rotatable bonds is 4. The number of nitrogens with zero attached hydrogens (tertiary/aromatic N) is 3. The molecule has 2 aromatic heterocycles. The van der Waals surface area contributed by atoms with Crippen molar-refractivity contribution in [1.29, 1.82) is 0 Å². The largest absolute Gasteiger partial charge is 0.497 e. The summed E-state index contributed by atoms with van der Waals surface area (Å²) in [6.07, 6.45) is 0. The number of hydrogen-bond acceptors (Lipinski definition) is 4. The summed E-state index contributed by atoms with van der Waals surface area (Å²) >= 11 is 1.49. The first kappa shape index (κ1) is 16.5. The Bertz CT molecular complexity index is 845. The summed E-state index contributed by atoms with van der Waals surface area (Å²) < 4.78 is 7.02. The fourth-order valence-electron chi connectivity index (χ4n) is 2.77. The lowest BCUT2D eigenvalue weighted by Crippen LogP contribution is -2.29. The highest BCUT2D eigenvalue weighted by molar-refractivity contribution is 7.20. The van der Waals surface area contributed by atoms with Crippen LogP contribution < -0.4 is 4.74 Å². The predicted molar refractivity (Wildman–Crippen MR) is 96.8 cm³/mol. The highest BCUT2D eigenvalue weighted by Gasteiger charge is 2.22. The van der Waals surface area contributed by atoms with Crippen LogP contribution in [0, 0.1) is 6.92 Å². The van der Waals surface area contributed by atoms with Gasteiger partial charge in [0.25, 0.3) is 5.91 Å². The second-order valence-electron chi connectivity index (χ2n) is 5.90. The molecule has 0 aliphatic rings. The third kappa shape index (κ3) is 2.78. The molecule has 1 aromatic carbocycles. The number of carbonyl (C=O) groups is 1. The summed E-state index contributed by atoms with van der Waals surface area (Å²) in [6.45, 7) is 3.99. The molecule has 0 N–H and O–H groups in total. The molecule has 1 unspecified atom stereocenters. The van der Waals surface area contributed by atoms with Gasteiger partial charge < -0.3 is 9.64 Å². The van der Waals surface area contributed by atoms with Crippen LogP contribution in [-0.2, 0) is 7.05 Å². The Morgan fingerprint density at radius 3 is 2.58 bits per heavy atom. The standard InChI is InChI=1S/C18H21N3O2S/c1-11-15-10-16(24-18(15)21(4)19-11)17(22)20(3)12(2)13-6-8-14(23-5)9-7-13/h6-10,12H,1-5H3. The van der Waals surface area contributed by atoms with Gasteiger partial charge >= 0.3 is 0 Å². The molecule has 0 saturated carbocycles. The number of aromatic nitrogens is 2. The second-order valence-corrected chi connectivity index (χ2v) is 6.93. The Hall–Kier alpha value is -2.34. The number of aryl methyl sites for hydroxylation is 2. The lowest BCUT2D eigenvalue weighted by Gasteiger charge is -2.25. The topological polar surface area (TPSA) is 47.4 Å². The molecule has 5 nitrogen and oxygen atoms in total. The van der Waals surface area contributed by atoms with Gasteiger partial charge in [0, 0.05) is 19.5 Å². The van der Waals surface area contributed by atoms with Crippen molar-refractivity contribution in [2.45, 2.75) is 19.9 Å². The second kappa shape index (κ2) is 6.28. The lowest BCUT2D eigenvalue weighted by atomic mass is 10.1. The fourth-order valence-corrected chi connectivity index (χ4v) is 3.87. The minimum absolute atomic E-state index is 0.0205. The maximum absolute atomic E-state index is 12.9. The van der Waals surface area contributed by atoms with Gasteiger partial charge in [-0.3, -0.25) is 9.48 Å². The van der Waals surface area contributed by atoms with Crippen molar-refractivity contribution >= 4 is 27.5 Å². The van der Waals surface area contributed by atoms with E-state index in [2.05, 4.69) is 5.10 Å². The summed E-state index contributed by atoms with van der Waals surface area (Å²) in [5.41, 5.74) is 2.03. The third-order valence-corrected chi connectivity index (χ3v) is 5.60. The first-order chi connectivity index (χ1) is 11.4. The van der Waals surface area contributed by atoms with Crippen LogP contribution in [0.15, 0.2) is 30.3 Å². The van der Waals surface area contributed by atoms with E-state index in [1.807, 2.05) is 63.0 Å². The third-order valence-electron chi connectivity index (χ3n) is 4.41. The zero-order valence-corrected chi connectivity index (χ0v) is 15.3. The Balaban J connectivity index is 1.85. The maximum atomic E-state index is 12.9. The SMILES string of the molecule is COc1ccc(C(C)N(C)C(=O)c2cc3c(C)nn(C)c3s2)cc1. The Labute approximate surface area is 145 Å². The van der Waals surface area contributed by atoms with E-state index in [0.29, 0.717) is 0 Å². The number of hydrogen-bond donors (Lipinski definition) is 0. The van der Waals surface area contributed by atoms with Crippen molar-refractivity contribution in [3.63, 3.8) is 0 Å². The molecular formula is C18H21N3O2S. The molecule has 0 bridgehead atoms. The Morgan fingerprint density at radius 2 is 2.00 bits per heavy atom. The van der Waals surface area contributed by atoms with Gasteiger partial charge in [0.05, 0.1) is 23.7 Å². The van der Waals surface area contributed by atoms with Crippen LogP contribution in [0.2, 0.25) is 0 Å². The number of thiophene rings is 1. The highest BCUT2D eigenvalue weighted by Crippen LogP contribution is 2.30. The first-order valence-electron chi connectivity index (χ1n) is 7.76. The van der Waals surface area contributed by atoms with E-state index in [0.717, 1.165) is 32.1 Å². The van der Waals surface area contributed by atoms with E-state index in [-0.39, 0.29) is 11.9 Å². The number of carbonyl (C=O) groups excluding carboxylic acids is 1. The molecule has 0 saturated heterocycles. The molecule has 1 amide bonds. The number of fused-ring (bicyclic) bond motifs is 1. The summed E-state index contributed by atoms with van der Waals surface area (Å²) in [7, 11) is 5.39. The smallest absolute Gasteiger partial charge is 0.264 e. The monoisotopic (exact) mass is 343 g/mol. The van der Waals surface area contributed by atoms with Gasteiger partial charge in [-0.2, -0.15) is 5.10 Å². The molecule has 0 fully saturated rings. The molecule has 6 heteroatoms. The highest BCUT2D eigenvalue weighted by atomic mass is 32.1. The van der Waals surface area contributed by atoms with Crippen molar-refractivity contribution in [3.8, 4) is 5.75 Å². The molecule has 3 aromatic rings. The quantitative estimate of drug-likeness (QED) is 0.724. The number of methoxy groups -OCH3 is 1. The van der Waals surface area contributed by atoms with Crippen molar-refractivity contribution < 1.29 is 9.53 Å². The van der Waals surface area contributed by atoms with Crippen LogP contribution in [0.1, 0.15) is 33.9 Å². The van der Waals surface area contributed by atoms with Crippen molar-refractivity contribution in [2.75, 3.05) is 14.2 Å². The zero-order valence-electron chi connectivity index (χ0n) is 14.5. The molecule has 126 valence electrons. The number of amides is 1. The van der Waals surface area contributed by atoms with Gasteiger partial charge in [-0.05, 0) is 37.6 Å². The van der Waals surface area contributed by atoms with Gasteiger partial charge in [0.1, 0.15) is 10.6 Å². The van der Waals surface area contributed by atoms with Crippen molar-refractivity contribution in [3.05, 3.63) is 46.5 Å². The van der Waals surface area contributed by atoms with Gasteiger partial charge in [-0.25, -0.2) is 0 Å². The van der Waals surface area contributed by atoms with Crippen LogP contribution in [0.5, 0.6) is 5.75 Å². The molecule has 2 heterocycles. The van der Waals surface area contributed by atoms with Crippen molar-refractivity contribution in [2.24, 2.45) is 7.05 Å². The summed E-state index contributed by atoms with van der Waals surface area (Å²) in [5, 5.41) is 5.44. The molecule has 1 atom stereocenters. The van der Waals surface area contributed by atoms with E-state index in [1.54, 1.807) is 12.0 Å². The van der Waals surface area contributed by atoms with E-state index in [1.165, 1.54) is 11.3 Å². The van der Waals surface area contributed by atoms with Crippen molar-refractivity contribution in [1.82, 2.24) is 14.7 Å². The molecule has 0 aliphatic carbocycles.